The molecule has 20 heavy (non-hydrogen) atoms. The van der Waals surface area contributed by atoms with E-state index < -0.39 is 17.9 Å². The van der Waals surface area contributed by atoms with Gasteiger partial charge in [0.25, 0.3) is 0 Å². The summed E-state index contributed by atoms with van der Waals surface area (Å²) in [7, 11) is 0. The molecule has 0 spiro atoms. The van der Waals surface area contributed by atoms with E-state index in [1.54, 1.807) is 27.7 Å². The van der Waals surface area contributed by atoms with E-state index in [-0.39, 0.29) is 18.8 Å². The first-order valence-corrected chi connectivity index (χ1v) is 7.03. The van der Waals surface area contributed by atoms with Gasteiger partial charge in [-0.05, 0) is 47.0 Å². The fourth-order valence-electron chi connectivity index (χ4n) is 2.01. The Morgan fingerprint density at radius 3 is 2.10 bits per heavy atom. The smallest absolute Gasteiger partial charge is 0.435 e. The summed E-state index contributed by atoms with van der Waals surface area (Å²) in [5.74, 6) is 0. The van der Waals surface area contributed by atoms with Crippen LogP contribution in [0.1, 0.15) is 53.4 Å². The molecule has 2 unspecified atom stereocenters. The predicted molar refractivity (Wildman–Crippen MR) is 71.5 cm³/mol. The van der Waals surface area contributed by atoms with Crippen LogP contribution in [0.4, 0.5) is 9.59 Å². The number of hydrogen-bond acceptors (Lipinski definition) is 6. The van der Waals surface area contributed by atoms with Gasteiger partial charge in [0.05, 0.1) is 6.61 Å². The summed E-state index contributed by atoms with van der Waals surface area (Å²) in [6.07, 6.45) is 0.924. The third-order valence-corrected chi connectivity index (χ3v) is 2.76. The van der Waals surface area contributed by atoms with Crippen molar-refractivity contribution in [1.29, 1.82) is 0 Å². The van der Waals surface area contributed by atoms with E-state index in [2.05, 4.69) is 0 Å². The second kappa shape index (κ2) is 7.36. The molecule has 0 heterocycles. The minimum absolute atomic E-state index is 0.268. The lowest BCUT2D eigenvalue weighted by molar-refractivity contribution is -0.0544. The molecule has 0 bridgehead atoms. The molecule has 0 aromatic rings. The second-order valence-corrected chi connectivity index (χ2v) is 5.79. The van der Waals surface area contributed by atoms with E-state index in [9.17, 15) is 9.59 Å². The van der Waals surface area contributed by atoms with Crippen molar-refractivity contribution >= 4 is 12.3 Å². The fraction of sp³-hybridized carbons (Fsp3) is 0.857. The number of carbonyl (C=O) groups is 2. The van der Waals surface area contributed by atoms with Crippen LogP contribution in [-0.4, -0.2) is 36.7 Å². The molecule has 0 aromatic heterocycles. The molecule has 0 aliphatic heterocycles. The number of carbonyl (C=O) groups excluding carboxylic acids is 2. The van der Waals surface area contributed by atoms with Crippen LogP contribution in [0.2, 0.25) is 0 Å². The molecule has 1 aliphatic rings. The van der Waals surface area contributed by atoms with Crippen molar-refractivity contribution in [2.24, 2.45) is 0 Å². The molecule has 0 N–H and O–H groups in total. The van der Waals surface area contributed by atoms with Crippen molar-refractivity contribution in [2.75, 3.05) is 6.61 Å². The number of rotatable bonds is 3. The van der Waals surface area contributed by atoms with Gasteiger partial charge in [0, 0.05) is 6.42 Å². The molecule has 116 valence electrons. The average Bonchev–Trinajstić information content (AvgIpc) is 2.26. The van der Waals surface area contributed by atoms with Gasteiger partial charge in [-0.3, -0.25) is 0 Å². The second-order valence-electron chi connectivity index (χ2n) is 5.79. The maximum absolute atomic E-state index is 11.6. The lowest BCUT2D eigenvalue weighted by Gasteiger charge is -2.29. The summed E-state index contributed by atoms with van der Waals surface area (Å²) >= 11 is 0. The van der Waals surface area contributed by atoms with Gasteiger partial charge in [-0.1, -0.05) is 0 Å². The highest BCUT2D eigenvalue weighted by molar-refractivity contribution is 5.61. The lowest BCUT2D eigenvalue weighted by Crippen LogP contribution is -2.33. The first kappa shape index (κ1) is 16.6. The molecule has 0 aromatic carbocycles. The Morgan fingerprint density at radius 2 is 1.60 bits per heavy atom. The van der Waals surface area contributed by atoms with Gasteiger partial charge in [0.15, 0.2) is 0 Å². The van der Waals surface area contributed by atoms with Gasteiger partial charge in [-0.25, -0.2) is 9.59 Å². The Balaban J connectivity index is 2.37. The van der Waals surface area contributed by atoms with Crippen molar-refractivity contribution in [3.05, 3.63) is 0 Å². The molecule has 0 radical (unpaired) electrons. The maximum Gasteiger partial charge on any atom is 0.509 e. The lowest BCUT2D eigenvalue weighted by atomic mass is 9.95. The number of ether oxygens (including phenoxy) is 4. The van der Waals surface area contributed by atoms with Crippen LogP contribution >= 0.6 is 0 Å². The molecule has 6 nitrogen and oxygen atoms in total. The summed E-state index contributed by atoms with van der Waals surface area (Å²) in [5.41, 5.74) is -0.577. The molecular weight excluding hydrogens is 264 g/mol. The molecule has 2 atom stereocenters. The van der Waals surface area contributed by atoms with Gasteiger partial charge >= 0.3 is 12.3 Å². The van der Waals surface area contributed by atoms with Crippen molar-refractivity contribution in [3.63, 3.8) is 0 Å². The van der Waals surface area contributed by atoms with Crippen LogP contribution in [0.5, 0.6) is 0 Å². The highest BCUT2D eigenvalue weighted by Crippen LogP contribution is 2.25. The Morgan fingerprint density at radius 1 is 1.05 bits per heavy atom. The van der Waals surface area contributed by atoms with Gasteiger partial charge in [-0.2, -0.15) is 0 Å². The van der Waals surface area contributed by atoms with Crippen LogP contribution in [0.3, 0.4) is 0 Å². The zero-order valence-electron chi connectivity index (χ0n) is 12.6. The highest BCUT2D eigenvalue weighted by Gasteiger charge is 2.29. The minimum atomic E-state index is -0.681. The highest BCUT2D eigenvalue weighted by atomic mass is 16.7. The Bertz CT molecular complexity index is 333. The largest absolute Gasteiger partial charge is 0.509 e. The maximum atomic E-state index is 11.6. The Hall–Kier alpha value is -1.46. The average molecular weight is 288 g/mol. The summed E-state index contributed by atoms with van der Waals surface area (Å²) in [6, 6.07) is 0. The standard InChI is InChI=1S/C14H24O6/c1-5-17-12(15)18-10-7-6-8-11(9-10)19-13(16)20-14(2,3)4/h10-11H,5-9H2,1-4H3. The molecule has 0 amide bonds. The molecule has 1 saturated carbocycles. The van der Waals surface area contributed by atoms with Crippen molar-refractivity contribution in [2.45, 2.75) is 71.2 Å². The normalized spacial score (nSPS) is 22.8. The monoisotopic (exact) mass is 288 g/mol. The summed E-state index contributed by atoms with van der Waals surface area (Å²) in [6.45, 7) is 7.34. The summed E-state index contributed by atoms with van der Waals surface area (Å²) < 4.78 is 20.2. The Labute approximate surface area is 119 Å². The minimum Gasteiger partial charge on any atom is -0.435 e. The third-order valence-electron chi connectivity index (χ3n) is 2.76. The molecular formula is C14H24O6. The first-order chi connectivity index (χ1) is 9.30. The van der Waals surface area contributed by atoms with Gasteiger partial charge in [0.1, 0.15) is 17.8 Å². The molecule has 6 heteroatoms. The van der Waals surface area contributed by atoms with Gasteiger partial charge in [-0.15, -0.1) is 0 Å². The predicted octanol–water partition coefficient (Wildman–Crippen LogP) is 3.42. The third kappa shape index (κ3) is 6.63. The number of hydrogen-bond donors (Lipinski definition) is 0. The van der Waals surface area contributed by atoms with Crippen molar-refractivity contribution in [1.82, 2.24) is 0 Å². The Kier molecular flexibility index (Phi) is 6.10. The molecule has 1 rings (SSSR count). The van der Waals surface area contributed by atoms with E-state index in [1.165, 1.54) is 0 Å². The van der Waals surface area contributed by atoms with Crippen LogP contribution in [0.15, 0.2) is 0 Å². The van der Waals surface area contributed by atoms with Crippen LogP contribution in [0, 0.1) is 0 Å². The van der Waals surface area contributed by atoms with Crippen LogP contribution < -0.4 is 0 Å². The molecule has 1 fully saturated rings. The zero-order chi connectivity index (χ0) is 15.2. The van der Waals surface area contributed by atoms with Crippen LogP contribution in [0.25, 0.3) is 0 Å². The van der Waals surface area contributed by atoms with E-state index >= 15 is 0 Å². The van der Waals surface area contributed by atoms with Gasteiger partial charge < -0.3 is 18.9 Å². The topological polar surface area (TPSA) is 71.1 Å². The quantitative estimate of drug-likeness (QED) is 0.741. The summed E-state index contributed by atoms with van der Waals surface area (Å²) in [5, 5.41) is 0. The van der Waals surface area contributed by atoms with E-state index in [1.807, 2.05) is 0 Å². The van der Waals surface area contributed by atoms with Crippen molar-refractivity contribution in [3.8, 4) is 0 Å². The van der Waals surface area contributed by atoms with E-state index in [0.717, 1.165) is 19.3 Å². The van der Waals surface area contributed by atoms with Crippen molar-refractivity contribution < 1.29 is 28.5 Å². The SMILES string of the molecule is CCOC(=O)OC1CCCC(OC(=O)OC(C)(C)C)C1. The molecule has 0 saturated heterocycles. The zero-order valence-corrected chi connectivity index (χ0v) is 12.6. The van der Waals surface area contributed by atoms with Crippen LogP contribution in [-0.2, 0) is 18.9 Å². The first-order valence-electron chi connectivity index (χ1n) is 7.03. The van der Waals surface area contributed by atoms with E-state index in [0.29, 0.717) is 6.42 Å². The molecule has 1 aliphatic carbocycles. The summed E-state index contributed by atoms with van der Waals surface area (Å²) in [4.78, 5) is 22.8. The van der Waals surface area contributed by atoms with Gasteiger partial charge in [0.2, 0.25) is 0 Å². The van der Waals surface area contributed by atoms with E-state index in [4.69, 9.17) is 18.9 Å². The fourth-order valence-corrected chi connectivity index (χ4v) is 2.01.